The van der Waals surface area contributed by atoms with Crippen LogP contribution in [-0.4, -0.2) is 63.8 Å². The quantitative estimate of drug-likeness (QED) is 0.539. The Labute approximate surface area is 204 Å². The van der Waals surface area contributed by atoms with Crippen molar-refractivity contribution < 1.29 is 9.59 Å². The topological polar surface area (TPSA) is 108 Å². The van der Waals surface area contributed by atoms with Crippen LogP contribution in [0.25, 0.3) is 5.65 Å². The highest BCUT2D eigenvalue weighted by Crippen LogP contribution is 2.24. The molecule has 0 spiro atoms. The van der Waals surface area contributed by atoms with E-state index in [0.29, 0.717) is 5.65 Å². The minimum atomic E-state index is -0.236. The lowest BCUT2D eigenvalue weighted by atomic mass is 9.95. The number of hydrogen-bond acceptors (Lipinski definition) is 7. The van der Waals surface area contributed by atoms with Gasteiger partial charge in [0.05, 0.1) is 0 Å². The molecule has 2 aromatic heterocycles. The monoisotopic (exact) mass is 476 g/mol. The molecule has 4 heterocycles. The molecule has 35 heavy (non-hydrogen) atoms. The van der Waals surface area contributed by atoms with Gasteiger partial charge in [-0.05, 0) is 62.9 Å². The lowest BCUT2D eigenvalue weighted by Crippen LogP contribution is -2.44. The Morgan fingerprint density at radius 2 is 1.86 bits per heavy atom. The number of rotatable bonds is 7. The fraction of sp³-hybridized carbons (Fsp3) is 0.480. The average Bonchev–Trinajstić information content (AvgIpc) is 3.56. The van der Waals surface area contributed by atoms with Gasteiger partial charge >= 0.3 is 0 Å². The maximum Gasteiger partial charge on any atom is 0.226 e. The number of nitrogens with one attached hydrogen (secondary N) is 2. The Morgan fingerprint density at radius 3 is 2.66 bits per heavy atom. The van der Waals surface area contributed by atoms with Crippen molar-refractivity contribution in [3.8, 4) is 0 Å². The van der Waals surface area contributed by atoms with Crippen LogP contribution in [0.3, 0.4) is 0 Å². The van der Waals surface area contributed by atoms with Crippen LogP contribution in [0.15, 0.2) is 42.7 Å². The molecular formula is C25H32N8O2. The molecule has 0 radical (unpaired) electrons. The van der Waals surface area contributed by atoms with E-state index in [1.165, 1.54) is 12.8 Å². The van der Waals surface area contributed by atoms with Crippen LogP contribution in [0.5, 0.6) is 0 Å². The van der Waals surface area contributed by atoms with Crippen LogP contribution < -0.4 is 20.4 Å². The number of benzene rings is 1. The molecule has 10 nitrogen and oxygen atoms in total. The number of carbonyl (C=O) groups excluding carboxylic acids is 2. The number of carbonyl (C=O) groups is 2. The third-order valence-electron chi connectivity index (χ3n) is 6.82. The minimum Gasteiger partial charge on any atom is -0.371 e. The average molecular weight is 477 g/mol. The second kappa shape index (κ2) is 10.3. The van der Waals surface area contributed by atoms with Gasteiger partial charge in [0.15, 0.2) is 5.65 Å². The van der Waals surface area contributed by atoms with Gasteiger partial charge in [-0.15, -0.1) is 15.3 Å². The van der Waals surface area contributed by atoms with E-state index in [2.05, 4.69) is 41.8 Å². The maximum atomic E-state index is 12.8. The Morgan fingerprint density at radius 1 is 1.06 bits per heavy atom. The first-order valence-electron chi connectivity index (χ1n) is 12.4. The first-order valence-corrected chi connectivity index (χ1v) is 12.4. The number of aromatic nitrogens is 4. The van der Waals surface area contributed by atoms with E-state index in [9.17, 15) is 9.59 Å². The van der Waals surface area contributed by atoms with Gasteiger partial charge in [0, 0.05) is 55.9 Å². The highest BCUT2D eigenvalue weighted by atomic mass is 16.2. The molecule has 2 N–H and O–H groups in total. The van der Waals surface area contributed by atoms with Crippen LogP contribution in [-0.2, 0) is 9.59 Å². The van der Waals surface area contributed by atoms with Gasteiger partial charge in [-0.1, -0.05) is 6.07 Å². The normalized spacial score (nSPS) is 17.5. The smallest absolute Gasteiger partial charge is 0.226 e. The highest BCUT2D eigenvalue weighted by Gasteiger charge is 2.27. The Hall–Kier alpha value is -3.69. The van der Waals surface area contributed by atoms with Crippen LogP contribution in [0.4, 0.5) is 17.2 Å². The molecule has 5 rings (SSSR count). The molecule has 2 amide bonds. The van der Waals surface area contributed by atoms with Gasteiger partial charge in [0.25, 0.3) is 0 Å². The zero-order valence-corrected chi connectivity index (χ0v) is 20.1. The van der Waals surface area contributed by atoms with Crippen molar-refractivity contribution >= 4 is 34.7 Å². The Balaban J connectivity index is 1.07. The number of fused-ring (bicyclic) bond motifs is 1. The summed E-state index contributed by atoms with van der Waals surface area (Å²) >= 11 is 0. The van der Waals surface area contributed by atoms with Crippen molar-refractivity contribution in [3.63, 3.8) is 0 Å². The molecule has 0 aliphatic carbocycles. The molecule has 2 saturated heterocycles. The van der Waals surface area contributed by atoms with E-state index in [1.54, 1.807) is 10.8 Å². The summed E-state index contributed by atoms with van der Waals surface area (Å²) in [4.78, 5) is 29.9. The third kappa shape index (κ3) is 5.52. The molecular weight excluding hydrogens is 444 g/mol. The first kappa shape index (κ1) is 23.1. The Kier molecular flexibility index (Phi) is 6.78. The van der Waals surface area contributed by atoms with E-state index in [-0.39, 0.29) is 30.2 Å². The second-order valence-corrected chi connectivity index (χ2v) is 9.49. The summed E-state index contributed by atoms with van der Waals surface area (Å²) in [5.74, 6) is 0.715. The summed E-state index contributed by atoms with van der Waals surface area (Å²) < 4.78 is 1.66. The second-order valence-electron chi connectivity index (χ2n) is 9.49. The van der Waals surface area contributed by atoms with Crippen LogP contribution >= 0.6 is 0 Å². The molecule has 2 aliphatic rings. The molecule has 0 bridgehead atoms. The van der Waals surface area contributed by atoms with Crippen molar-refractivity contribution in [3.05, 3.63) is 42.7 Å². The zero-order valence-electron chi connectivity index (χ0n) is 20.1. The van der Waals surface area contributed by atoms with E-state index in [1.807, 2.05) is 37.3 Å². The van der Waals surface area contributed by atoms with Gasteiger partial charge in [-0.2, -0.15) is 4.52 Å². The van der Waals surface area contributed by atoms with Crippen molar-refractivity contribution in [2.45, 2.75) is 45.1 Å². The van der Waals surface area contributed by atoms with Crippen LogP contribution in [0.2, 0.25) is 0 Å². The van der Waals surface area contributed by atoms with Gasteiger partial charge in [-0.25, -0.2) is 0 Å². The summed E-state index contributed by atoms with van der Waals surface area (Å²) in [5, 5.41) is 18.4. The van der Waals surface area contributed by atoms with E-state index in [0.717, 1.165) is 56.2 Å². The molecule has 10 heteroatoms. The molecule has 1 atom stereocenters. The molecule has 2 aliphatic heterocycles. The number of anilines is 3. The molecule has 184 valence electrons. The number of nitrogens with zero attached hydrogens (tertiary/aromatic N) is 6. The van der Waals surface area contributed by atoms with Crippen molar-refractivity contribution in [1.82, 2.24) is 25.1 Å². The SMILES string of the molecule is CC(CC(=O)Nc1cccc(N2CCCC2)c1)NC(=O)C1CCN(c2ccc3nncn3n2)CC1. The number of piperidine rings is 1. The number of hydrogen-bond donors (Lipinski definition) is 2. The minimum absolute atomic E-state index is 0.0169. The molecule has 0 saturated carbocycles. The predicted octanol–water partition coefficient (Wildman–Crippen LogP) is 2.47. The van der Waals surface area contributed by atoms with Gasteiger partial charge in [-0.3, -0.25) is 9.59 Å². The summed E-state index contributed by atoms with van der Waals surface area (Å²) in [6.07, 6.45) is 5.74. The summed E-state index contributed by atoms with van der Waals surface area (Å²) in [6.45, 7) is 5.51. The highest BCUT2D eigenvalue weighted by molar-refractivity contribution is 5.92. The fourth-order valence-corrected chi connectivity index (χ4v) is 4.92. The van der Waals surface area contributed by atoms with Crippen molar-refractivity contribution in [2.24, 2.45) is 5.92 Å². The predicted molar refractivity (Wildman–Crippen MR) is 134 cm³/mol. The summed E-state index contributed by atoms with van der Waals surface area (Å²) in [5.41, 5.74) is 2.65. The van der Waals surface area contributed by atoms with Crippen LogP contribution in [0, 0.1) is 5.92 Å². The third-order valence-corrected chi connectivity index (χ3v) is 6.82. The van der Waals surface area contributed by atoms with E-state index < -0.39 is 0 Å². The first-order chi connectivity index (χ1) is 17.0. The Bertz CT molecular complexity index is 1180. The van der Waals surface area contributed by atoms with Gasteiger partial charge in [0.2, 0.25) is 11.8 Å². The van der Waals surface area contributed by atoms with Crippen molar-refractivity contribution in [2.75, 3.05) is 41.3 Å². The van der Waals surface area contributed by atoms with E-state index >= 15 is 0 Å². The fourth-order valence-electron chi connectivity index (χ4n) is 4.92. The largest absolute Gasteiger partial charge is 0.371 e. The summed E-state index contributed by atoms with van der Waals surface area (Å²) in [6, 6.07) is 11.6. The van der Waals surface area contributed by atoms with Crippen LogP contribution in [0.1, 0.15) is 39.0 Å². The van der Waals surface area contributed by atoms with Crippen molar-refractivity contribution in [1.29, 1.82) is 0 Å². The summed E-state index contributed by atoms with van der Waals surface area (Å²) in [7, 11) is 0. The molecule has 2 fully saturated rings. The molecule has 3 aromatic rings. The number of amides is 2. The van der Waals surface area contributed by atoms with Gasteiger partial charge in [0.1, 0.15) is 12.1 Å². The molecule has 1 aromatic carbocycles. The van der Waals surface area contributed by atoms with Gasteiger partial charge < -0.3 is 20.4 Å². The van der Waals surface area contributed by atoms with E-state index in [4.69, 9.17) is 0 Å². The maximum absolute atomic E-state index is 12.8. The standard InChI is InChI=1S/C25H32N8O2/c1-18(15-24(34)28-20-5-4-6-21(16-20)31-11-2-3-12-31)27-25(35)19-9-13-32(14-10-19)23-8-7-22-29-26-17-33(22)30-23/h4-8,16-19H,2-3,9-15H2,1H3,(H,27,35)(H,28,34). The lowest BCUT2D eigenvalue weighted by Gasteiger charge is -2.32. The molecule has 1 unspecified atom stereocenters. The lowest BCUT2D eigenvalue weighted by molar-refractivity contribution is -0.126. The zero-order chi connectivity index (χ0) is 24.2.